The third-order valence-corrected chi connectivity index (χ3v) is 7.15. The lowest BCUT2D eigenvalue weighted by Crippen LogP contribution is -1.89. The zero-order chi connectivity index (χ0) is 17.5. The van der Waals surface area contributed by atoms with Crippen LogP contribution in [0.3, 0.4) is 0 Å². The van der Waals surface area contributed by atoms with Crippen LogP contribution in [0.15, 0.2) is 63.8 Å². The van der Waals surface area contributed by atoms with E-state index >= 15 is 0 Å². The molecule has 0 aliphatic heterocycles. The maximum Gasteiger partial charge on any atom is 0.175 e. The van der Waals surface area contributed by atoms with Crippen LogP contribution in [0.2, 0.25) is 5.02 Å². The van der Waals surface area contributed by atoms with E-state index < -0.39 is 0 Å². The maximum absolute atomic E-state index is 6.19. The van der Waals surface area contributed by atoms with Crippen molar-refractivity contribution in [3.8, 4) is 0 Å². The molecule has 0 amide bonds. The lowest BCUT2D eigenvalue weighted by molar-refractivity contribution is 0.953. The first-order valence-corrected chi connectivity index (χ1v) is 10.9. The molecular weight excluding hydrogens is 388 g/mol. The maximum atomic E-state index is 6.19. The summed E-state index contributed by atoms with van der Waals surface area (Å²) in [5, 5.41) is 9.38. The minimum atomic E-state index is 0.832. The highest BCUT2D eigenvalue weighted by atomic mass is 35.5. The second kappa shape index (κ2) is 9.43. The second-order valence-electron chi connectivity index (χ2n) is 5.26. The van der Waals surface area contributed by atoms with Crippen molar-refractivity contribution in [2.45, 2.75) is 20.9 Å². The predicted octanol–water partition coefficient (Wildman–Crippen LogP) is 6.46. The molecule has 2 nitrogen and oxygen atoms in total. The number of rotatable bonds is 8. The van der Waals surface area contributed by atoms with Crippen LogP contribution in [0.4, 0.5) is 0 Å². The van der Waals surface area contributed by atoms with Gasteiger partial charge in [-0.05, 0) is 29.2 Å². The van der Waals surface area contributed by atoms with Gasteiger partial charge in [0.1, 0.15) is 0 Å². The smallest absolute Gasteiger partial charge is 0.131 e. The van der Waals surface area contributed by atoms with Crippen molar-refractivity contribution in [2.75, 3.05) is 5.75 Å². The highest BCUT2D eigenvalue weighted by Gasteiger charge is 2.07. The zero-order valence-corrected chi connectivity index (χ0v) is 16.7. The molecule has 3 rings (SSSR count). The minimum absolute atomic E-state index is 0.832. The molecule has 0 fully saturated rings. The summed E-state index contributed by atoms with van der Waals surface area (Å²) in [4.78, 5) is 0. The van der Waals surface area contributed by atoms with Gasteiger partial charge in [-0.15, -0.1) is 10.2 Å². The number of nitrogens with zero attached hydrogens (tertiary/aromatic N) is 2. The Morgan fingerprint density at radius 2 is 1.72 bits per heavy atom. The number of hydrogen-bond donors (Lipinski definition) is 0. The summed E-state index contributed by atoms with van der Waals surface area (Å²) in [5.41, 5.74) is 3.60. The molecule has 25 heavy (non-hydrogen) atoms. The SMILES string of the molecule is C=Cc1ccc(CSc2nnc(SCCc3ccccc3Cl)s2)cc1. The lowest BCUT2D eigenvalue weighted by atomic mass is 10.1. The Balaban J connectivity index is 1.47. The fourth-order valence-electron chi connectivity index (χ4n) is 2.16. The van der Waals surface area contributed by atoms with Gasteiger partial charge in [0.05, 0.1) is 0 Å². The summed E-state index contributed by atoms with van der Waals surface area (Å²) in [6.45, 7) is 3.77. The summed E-state index contributed by atoms with van der Waals surface area (Å²) >= 11 is 11.3. The average Bonchev–Trinajstić information content (AvgIpc) is 3.10. The fourth-order valence-corrected chi connectivity index (χ4v) is 5.41. The van der Waals surface area contributed by atoms with Gasteiger partial charge in [0.25, 0.3) is 0 Å². The van der Waals surface area contributed by atoms with Crippen molar-refractivity contribution in [1.29, 1.82) is 0 Å². The summed E-state index contributed by atoms with van der Waals surface area (Å²) in [5.74, 6) is 1.85. The Hall–Kier alpha value is -1.27. The first kappa shape index (κ1) is 18.5. The Morgan fingerprint density at radius 3 is 2.44 bits per heavy atom. The molecular formula is C19H17ClN2S3. The van der Waals surface area contributed by atoms with E-state index in [0.29, 0.717) is 0 Å². The Morgan fingerprint density at radius 1 is 1.00 bits per heavy atom. The van der Waals surface area contributed by atoms with Crippen molar-refractivity contribution in [2.24, 2.45) is 0 Å². The topological polar surface area (TPSA) is 25.8 Å². The Kier molecular flexibility index (Phi) is 6.99. The van der Waals surface area contributed by atoms with E-state index in [1.165, 1.54) is 11.1 Å². The van der Waals surface area contributed by atoms with Crippen LogP contribution in [-0.4, -0.2) is 16.0 Å². The standard InChI is InChI=1S/C19H17ClN2S3/c1-2-14-7-9-15(10-8-14)13-24-19-22-21-18(25-19)23-12-11-16-5-3-4-6-17(16)20/h2-10H,1,11-13H2. The number of hydrogen-bond acceptors (Lipinski definition) is 5. The van der Waals surface area contributed by atoms with Gasteiger partial charge in [0.2, 0.25) is 0 Å². The highest BCUT2D eigenvalue weighted by molar-refractivity contribution is 8.02. The van der Waals surface area contributed by atoms with Crippen molar-refractivity contribution < 1.29 is 0 Å². The van der Waals surface area contributed by atoms with Gasteiger partial charge in [-0.3, -0.25) is 0 Å². The number of halogens is 1. The molecule has 0 saturated carbocycles. The van der Waals surface area contributed by atoms with Crippen LogP contribution in [0.5, 0.6) is 0 Å². The van der Waals surface area contributed by atoms with Crippen molar-refractivity contribution in [1.82, 2.24) is 10.2 Å². The van der Waals surface area contributed by atoms with Gasteiger partial charge in [-0.1, -0.05) is 102 Å². The van der Waals surface area contributed by atoms with Gasteiger partial charge in [0.15, 0.2) is 8.68 Å². The van der Waals surface area contributed by atoms with E-state index in [9.17, 15) is 0 Å². The Labute approximate surface area is 165 Å². The molecule has 1 aromatic heterocycles. The van der Waals surface area contributed by atoms with Crippen LogP contribution < -0.4 is 0 Å². The second-order valence-corrected chi connectivity index (χ2v) is 9.21. The first-order chi connectivity index (χ1) is 12.2. The van der Waals surface area contributed by atoms with Crippen LogP contribution in [-0.2, 0) is 12.2 Å². The van der Waals surface area contributed by atoms with E-state index in [1.54, 1.807) is 34.9 Å². The van der Waals surface area contributed by atoms with Crippen LogP contribution in [0.1, 0.15) is 16.7 Å². The van der Waals surface area contributed by atoms with E-state index in [2.05, 4.69) is 47.1 Å². The van der Waals surface area contributed by atoms with E-state index in [0.717, 1.165) is 37.2 Å². The van der Waals surface area contributed by atoms with Gasteiger partial charge in [0, 0.05) is 16.5 Å². The Bertz CT molecular complexity index is 831. The number of thioether (sulfide) groups is 2. The molecule has 128 valence electrons. The zero-order valence-electron chi connectivity index (χ0n) is 13.5. The van der Waals surface area contributed by atoms with E-state index in [-0.39, 0.29) is 0 Å². The molecule has 2 aromatic carbocycles. The number of benzene rings is 2. The van der Waals surface area contributed by atoms with Crippen molar-refractivity contribution in [3.05, 3.63) is 76.8 Å². The third-order valence-electron chi connectivity index (χ3n) is 3.52. The largest absolute Gasteiger partial charge is 0.175 e. The molecule has 0 radical (unpaired) electrons. The lowest BCUT2D eigenvalue weighted by Gasteiger charge is -2.01. The van der Waals surface area contributed by atoms with Crippen LogP contribution in [0, 0.1) is 0 Å². The molecule has 0 unspecified atom stereocenters. The van der Waals surface area contributed by atoms with Gasteiger partial charge in [-0.2, -0.15) is 0 Å². The van der Waals surface area contributed by atoms with Gasteiger partial charge >= 0.3 is 0 Å². The number of aryl methyl sites for hydroxylation is 1. The van der Waals surface area contributed by atoms with E-state index in [1.807, 2.05) is 24.3 Å². The quantitative estimate of drug-likeness (QED) is 0.402. The molecule has 1 heterocycles. The summed E-state index contributed by atoms with van der Waals surface area (Å²) < 4.78 is 2.02. The molecule has 3 aromatic rings. The number of aromatic nitrogens is 2. The van der Waals surface area contributed by atoms with E-state index in [4.69, 9.17) is 11.6 Å². The highest BCUT2D eigenvalue weighted by Crippen LogP contribution is 2.31. The summed E-state index contributed by atoms with van der Waals surface area (Å²) in [6, 6.07) is 16.4. The molecule has 0 aliphatic carbocycles. The fraction of sp³-hybridized carbons (Fsp3) is 0.158. The molecule has 0 spiro atoms. The molecule has 0 bridgehead atoms. The van der Waals surface area contributed by atoms with Crippen LogP contribution >= 0.6 is 46.5 Å². The normalized spacial score (nSPS) is 10.8. The molecule has 6 heteroatoms. The molecule has 0 aliphatic rings. The molecule has 0 atom stereocenters. The first-order valence-electron chi connectivity index (χ1n) is 7.78. The average molecular weight is 405 g/mol. The third kappa shape index (κ3) is 5.61. The van der Waals surface area contributed by atoms with Gasteiger partial charge < -0.3 is 0 Å². The minimum Gasteiger partial charge on any atom is -0.131 e. The predicted molar refractivity (Wildman–Crippen MR) is 112 cm³/mol. The molecule has 0 N–H and O–H groups in total. The molecule has 0 saturated heterocycles. The summed E-state index contributed by atoms with van der Waals surface area (Å²) in [7, 11) is 0. The summed E-state index contributed by atoms with van der Waals surface area (Å²) in [6.07, 6.45) is 2.79. The van der Waals surface area contributed by atoms with Crippen molar-refractivity contribution in [3.63, 3.8) is 0 Å². The monoisotopic (exact) mass is 404 g/mol. The van der Waals surface area contributed by atoms with Gasteiger partial charge in [-0.25, -0.2) is 0 Å². The van der Waals surface area contributed by atoms with Crippen LogP contribution in [0.25, 0.3) is 6.08 Å². The van der Waals surface area contributed by atoms with Crippen molar-refractivity contribution >= 4 is 52.5 Å².